The van der Waals surface area contributed by atoms with Crippen LogP contribution in [0.3, 0.4) is 0 Å². The largest absolute Gasteiger partial charge is 0.343 e. The second-order valence-electron chi connectivity index (χ2n) is 7.06. The number of carbonyl (C=O) groups excluding carboxylic acids is 2. The van der Waals surface area contributed by atoms with E-state index in [0.717, 1.165) is 16.8 Å². The number of hydrogen-bond acceptors (Lipinski definition) is 4. The van der Waals surface area contributed by atoms with E-state index in [1.54, 1.807) is 36.2 Å². The summed E-state index contributed by atoms with van der Waals surface area (Å²) in [5.41, 5.74) is 3.38. The van der Waals surface area contributed by atoms with Crippen molar-refractivity contribution in [1.82, 2.24) is 5.32 Å². The Morgan fingerprint density at radius 1 is 1.17 bits per heavy atom. The minimum absolute atomic E-state index is 0.0694. The Hall–Kier alpha value is -2.61. The molecule has 4 rings (SSSR count). The maximum atomic E-state index is 12.2. The standard InChI is InChI=1S/C21H22ClN3O4/c1-25-18-7-2-15(12-14(18)13-19(25)26)21(28-10-11-29-21)8-9-23-20(27)24-17-5-3-16(22)4-6-17/h2-7,12H,8-11,13H2,1H3,(H2,23,24,27). The first-order chi connectivity index (χ1) is 14.0. The van der Waals surface area contributed by atoms with Crippen LogP contribution < -0.4 is 15.5 Å². The maximum absolute atomic E-state index is 12.2. The number of nitrogens with one attached hydrogen (secondary N) is 2. The Kier molecular flexibility index (Phi) is 5.45. The molecule has 1 fully saturated rings. The average molecular weight is 416 g/mol. The van der Waals surface area contributed by atoms with Crippen LogP contribution in [0.15, 0.2) is 42.5 Å². The number of ether oxygens (including phenoxy) is 2. The Labute approximate surface area is 173 Å². The van der Waals surface area contributed by atoms with Crippen LogP contribution in [0.5, 0.6) is 0 Å². The second kappa shape index (κ2) is 8.02. The molecule has 0 spiro atoms. The molecule has 8 heteroatoms. The zero-order chi connectivity index (χ0) is 20.4. The number of likely N-dealkylation sites (N-methyl/N-ethyl adjacent to an activating group) is 1. The highest BCUT2D eigenvalue weighted by Crippen LogP contribution is 2.38. The van der Waals surface area contributed by atoms with Crippen molar-refractivity contribution in [3.05, 3.63) is 58.6 Å². The van der Waals surface area contributed by atoms with E-state index in [2.05, 4.69) is 10.6 Å². The summed E-state index contributed by atoms with van der Waals surface area (Å²) in [7, 11) is 1.77. The monoisotopic (exact) mass is 415 g/mol. The number of nitrogens with zero attached hydrogens (tertiary/aromatic N) is 1. The van der Waals surface area contributed by atoms with Crippen molar-refractivity contribution in [1.29, 1.82) is 0 Å². The summed E-state index contributed by atoms with van der Waals surface area (Å²) in [5, 5.41) is 6.19. The molecule has 2 aliphatic rings. The summed E-state index contributed by atoms with van der Waals surface area (Å²) in [4.78, 5) is 25.8. The van der Waals surface area contributed by atoms with Crippen LogP contribution in [-0.4, -0.2) is 38.7 Å². The number of carbonyl (C=O) groups is 2. The lowest BCUT2D eigenvalue weighted by Gasteiger charge is -2.28. The second-order valence-corrected chi connectivity index (χ2v) is 7.50. The quantitative estimate of drug-likeness (QED) is 0.785. The predicted octanol–water partition coefficient (Wildman–Crippen LogP) is 3.27. The van der Waals surface area contributed by atoms with Crippen LogP contribution in [-0.2, 0) is 26.5 Å². The summed E-state index contributed by atoms with van der Waals surface area (Å²) >= 11 is 5.85. The molecular weight excluding hydrogens is 394 g/mol. The Morgan fingerprint density at radius 2 is 1.90 bits per heavy atom. The van der Waals surface area contributed by atoms with Gasteiger partial charge in [-0.15, -0.1) is 0 Å². The number of rotatable bonds is 5. The molecule has 0 aliphatic carbocycles. The molecule has 3 amide bonds. The predicted molar refractivity (Wildman–Crippen MR) is 110 cm³/mol. The van der Waals surface area contributed by atoms with Crippen LogP contribution >= 0.6 is 11.6 Å². The van der Waals surface area contributed by atoms with Gasteiger partial charge in [0.25, 0.3) is 0 Å². The molecule has 1 saturated heterocycles. The molecule has 2 aromatic rings. The van der Waals surface area contributed by atoms with Gasteiger partial charge in [-0.3, -0.25) is 4.79 Å². The van der Waals surface area contributed by atoms with Crippen LogP contribution in [0, 0.1) is 0 Å². The molecule has 2 N–H and O–H groups in total. The van der Waals surface area contributed by atoms with Crippen molar-refractivity contribution >= 4 is 34.9 Å². The van der Waals surface area contributed by atoms with Gasteiger partial charge in [0.1, 0.15) is 0 Å². The van der Waals surface area contributed by atoms with E-state index in [-0.39, 0.29) is 11.9 Å². The van der Waals surface area contributed by atoms with Gasteiger partial charge in [0.2, 0.25) is 5.91 Å². The Bertz CT molecular complexity index is 926. The normalized spacial score (nSPS) is 17.3. The first-order valence-corrected chi connectivity index (χ1v) is 9.83. The van der Waals surface area contributed by atoms with Crippen molar-refractivity contribution in [2.45, 2.75) is 18.6 Å². The molecule has 0 bridgehead atoms. The minimum atomic E-state index is -0.924. The molecular formula is C21H22ClN3O4. The molecule has 29 heavy (non-hydrogen) atoms. The number of amides is 3. The molecule has 2 aliphatic heterocycles. The summed E-state index contributed by atoms with van der Waals surface area (Å²) in [6.07, 6.45) is 0.821. The third kappa shape index (κ3) is 4.07. The molecule has 0 aromatic heterocycles. The Balaban J connectivity index is 1.40. The highest BCUT2D eigenvalue weighted by atomic mass is 35.5. The van der Waals surface area contributed by atoms with Crippen molar-refractivity contribution in [2.75, 3.05) is 37.0 Å². The van der Waals surface area contributed by atoms with Crippen molar-refractivity contribution in [3.63, 3.8) is 0 Å². The van der Waals surface area contributed by atoms with Crippen LogP contribution in [0.2, 0.25) is 5.02 Å². The van der Waals surface area contributed by atoms with Gasteiger partial charge in [0.15, 0.2) is 5.79 Å². The van der Waals surface area contributed by atoms with Gasteiger partial charge in [-0.2, -0.15) is 0 Å². The van der Waals surface area contributed by atoms with Gasteiger partial charge in [-0.25, -0.2) is 4.79 Å². The number of halogens is 1. The van der Waals surface area contributed by atoms with Crippen LogP contribution in [0.1, 0.15) is 17.5 Å². The first kappa shape index (κ1) is 19.7. The average Bonchev–Trinajstić information content (AvgIpc) is 3.29. The number of urea groups is 1. The van der Waals surface area contributed by atoms with E-state index >= 15 is 0 Å². The number of fused-ring (bicyclic) bond motifs is 1. The summed E-state index contributed by atoms with van der Waals surface area (Å²) in [5.74, 6) is -0.854. The highest BCUT2D eigenvalue weighted by molar-refractivity contribution is 6.30. The van der Waals surface area contributed by atoms with Gasteiger partial charge in [0.05, 0.1) is 19.6 Å². The maximum Gasteiger partial charge on any atom is 0.319 e. The molecule has 2 aromatic carbocycles. The zero-order valence-electron chi connectivity index (χ0n) is 16.0. The minimum Gasteiger partial charge on any atom is -0.343 e. The lowest BCUT2D eigenvalue weighted by molar-refractivity contribution is -0.169. The fraction of sp³-hybridized carbons (Fsp3) is 0.333. The third-order valence-corrected chi connectivity index (χ3v) is 5.44. The van der Waals surface area contributed by atoms with Gasteiger partial charge in [-0.05, 0) is 42.0 Å². The van der Waals surface area contributed by atoms with Gasteiger partial charge >= 0.3 is 6.03 Å². The SMILES string of the molecule is CN1C(=O)Cc2cc(C3(CCNC(=O)Nc4ccc(Cl)cc4)OCCO3)ccc21. The van der Waals surface area contributed by atoms with Crippen molar-refractivity contribution in [2.24, 2.45) is 0 Å². The number of benzene rings is 2. The summed E-state index contributed by atoms with van der Waals surface area (Å²) < 4.78 is 11.9. The number of hydrogen-bond donors (Lipinski definition) is 2. The lowest BCUT2D eigenvalue weighted by atomic mass is 9.98. The molecule has 7 nitrogen and oxygen atoms in total. The van der Waals surface area contributed by atoms with E-state index in [4.69, 9.17) is 21.1 Å². The molecule has 0 unspecified atom stereocenters. The Morgan fingerprint density at radius 3 is 2.62 bits per heavy atom. The highest BCUT2D eigenvalue weighted by Gasteiger charge is 2.39. The fourth-order valence-corrected chi connectivity index (χ4v) is 3.79. The summed E-state index contributed by atoms with van der Waals surface area (Å²) in [6, 6.07) is 12.4. The van der Waals surface area contributed by atoms with E-state index in [0.29, 0.717) is 43.3 Å². The lowest BCUT2D eigenvalue weighted by Crippen LogP contribution is -2.36. The molecule has 0 saturated carbocycles. The molecule has 152 valence electrons. The van der Waals surface area contributed by atoms with Crippen molar-refractivity contribution < 1.29 is 19.1 Å². The van der Waals surface area contributed by atoms with Crippen LogP contribution in [0.4, 0.5) is 16.2 Å². The van der Waals surface area contributed by atoms with Gasteiger partial charge < -0.3 is 25.0 Å². The third-order valence-electron chi connectivity index (χ3n) is 5.19. The van der Waals surface area contributed by atoms with Crippen molar-refractivity contribution in [3.8, 4) is 0 Å². The molecule has 0 radical (unpaired) electrons. The number of anilines is 2. The molecule has 0 atom stereocenters. The van der Waals surface area contributed by atoms with E-state index in [1.807, 2.05) is 18.2 Å². The molecule has 2 heterocycles. The van der Waals surface area contributed by atoms with Crippen LogP contribution in [0.25, 0.3) is 0 Å². The van der Waals surface area contributed by atoms with E-state index in [1.165, 1.54) is 0 Å². The fourth-order valence-electron chi connectivity index (χ4n) is 3.67. The van der Waals surface area contributed by atoms with E-state index in [9.17, 15) is 9.59 Å². The first-order valence-electron chi connectivity index (χ1n) is 9.45. The summed E-state index contributed by atoms with van der Waals surface area (Å²) in [6.45, 7) is 1.31. The van der Waals surface area contributed by atoms with Gasteiger partial charge in [0, 0.05) is 42.0 Å². The topological polar surface area (TPSA) is 79.9 Å². The van der Waals surface area contributed by atoms with E-state index < -0.39 is 5.79 Å². The smallest absolute Gasteiger partial charge is 0.319 e. The van der Waals surface area contributed by atoms with Gasteiger partial charge in [-0.1, -0.05) is 17.7 Å². The zero-order valence-corrected chi connectivity index (χ0v) is 16.8.